The summed E-state index contributed by atoms with van der Waals surface area (Å²) < 4.78 is 43.9. The monoisotopic (exact) mass is 315 g/mol. The van der Waals surface area contributed by atoms with Crippen molar-refractivity contribution in [3.63, 3.8) is 0 Å². The molecule has 1 aromatic carbocycles. The van der Waals surface area contributed by atoms with Crippen molar-refractivity contribution in [2.75, 3.05) is 7.11 Å². The van der Waals surface area contributed by atoms with Gasteiger partial charge in [0.1, 0.15) is 0 Å². The van der Waals surface area contributed by atoms with Crippen molar-refractivity contribution in [3.05, 3.63) is 41.2 Å². The van der Waals surface area contributed by atoms with Gasteiger partial charge in [0.05, 0.1) is 18.4 Å². The molecular formula is C12H8F3N3O4. The SMILES string of the molecule is COC(=O)c1ccc(-n2nnc(C(=O)O)c2C(F)(F)F)cc1. The van der Waals surface area contributed by atoms with Crippen LogP contribution in [0.25, 0.3) is 5.69 Å². The van der Waals surface area contributed by atoms with Crippen LogP contribution in [0.1, 0.15) is 26.5 Å². The first kappa shape index (κ1) is 15.5. The number of hydrogen-bond donors (Lipinski definition) is 1. The third kappa shape index (κ3) is 2.75. The van der Waals surface area contributed by atoms with E-state index < -0.39 is 29.5 Å². The largest absolute Gasteiger partial charge is 0.476 e. The van der Waals surface area contributed by atoms with Gasteiger partial charge in [0.25, 0.3) is 0 Å². The molecule has 0 aliphatic heterocycles. The standard InChI is InChI=1S/C12H8F3N3O4/c1-22-11(21)6-2-4-7(5-3-6)18-9(12(13,14)15)8(10(19)20)16-17-18/h2-5H,1H3,(H,19,20). The first-order valence-corrected chi connectivity index (χ1v) is 5.70. The quantitative estimate of drug-likeness (QED) is 0.868. The zero-order valence-corrected chi connectivity index (χ0v) is 11.0. The van der Waals surface area contributed by atoms with Crippen LogP contribution in [-0.4, -0.2) is 39.1 Å². The Bertz CT molecular complexity index is 722. The Balaban J connectivity index is 2.54. The van der Waals surface area contributed by atoms with E-state index in [2.05, 4.69) is 15.0 Å². The molecule has 0 fully saturated rings. The van der Waals surface area contributed by atoms with Crippen molar-refractivity contribution in [1.29, 1.82) is 0 Å². The molecule has 0 aliphatic rings. The first-order valence-electron chi connectivity index (χ1n) is 5.70. The molecule has 0 saturated heterocycles. The average Bonchev–Trinajstić information content (AvgIpc) is 2.92. The summed E-state index contributed by atoms with van der Waals surface area (Å²) in [6, 6.07) is 4.79. The molecule has 7 nitrogen and oxygen atoms in total. The third-order valence-electron chi connectivity index (χ3n) is 2.67. The summed E-state index contributed by atoms with van der Waals surface area (Å²) in [5.74, 6) is -2.50. The van der Waals surface area contributed by atoms with Crippen LogP contribution in [0.15, 0.2) is 24.3 Å². The van der Waals surface area contributed by atoms with Crippen LogP contribution in [0.3, 0.4) is 0 Å². The van der Waals surface area contributed by atoms with Crippen molar-refractivity contribution < 1.29 is 32.6 Å². The van der Waals surface area contributed by atoms with Crippen LogP contribution >= 0.6 is 0 Å². The summed E-state index contributed by atoms with van der Waals surface area (Å²) in [5, 5.41) is 15.0. The molecule has 0 atom stereocenters. The molecule has 10 heteroatoms. The first-order chi connectivity index (χ1) is 10.3. The van der Waals surface area contributed by atoms with E-state index in [4.69, 9.17) is 5.11 Å². The number of esters is 1. The fourth-order valence-corrected chi connectivity index (χ4v) is 1.72. The minimum absolute atomic E-state index is 0.0972. The molecule has 0 bridgehead atoms. The van der Waals surface area contributed by atoms with Crippen LogP contribution in [0.5, 0.6) is 0 Å². The highest BCUT2D eigenvalue weighted by Crippen LogP contribution is 2.32. The minimum Gasteiger partial charge on any atom is -0.476 e. The Hall–Kier alpha value is -2.91. The number of carboxylic acids is 1. The van der Waals surface area contributed by atoms with E-state index >= 15 is 0 Å². The van der Waals surface area contributed by atoms with E-state index in [0.717, 1.165) is 7.11 Å². The Kier molecular flexibility index (Phi) is 3.85. The summed E-state index contributed by atoms with van der Waals surface area (Å²) in [5.41, 5.74) is -2.69. The number of rotatable bonds is 3. The number of carbonyl (C=O) groups excluding carboxylic acids is 1. The van der Waals surface area contributed by atoms with Gasteiger partial charge in [-0.3, -0.25) is 0 Å². The fourth-order valence-electron chi connectivity index (χ4n) is 1.72. The molecule has 2 aromatic rings. The molecular weight excluding hydrogens is 307 g/mol. The number of alkyl halides is 3. The predicted molar refractivity (Wildman–Crippen MR) is 64.7 cm³/mol. The lowest BCUT2D eigenvalue weighted by Crippen LogP contribution is -2.17. The summed E-state index contributed by atoms with van der Waals surface area (Å²) >= 11 is 0. The van der Waals surface area contributed by atoms with Gasteiger partial charge in [-0.1, -0.05) is 5.21 Å². The number of aromatic carboxylic acids is 1. The van der Waals surface area contributed by atoms with Gasteiger partial charge < -0.3 is 9.84 Å². The second-order valence-electron chi connectivity index (χ2n) is 4.04. The zero-order chi connectivity index (χ0) is 16.5. The van der Waals surface area contributed by atoms with Crippen LogP contribution in [0.4, 0.5) is 13.2 Å². The molecule has 1 heterocycles. The van der Waals surface area contributed by atoms with Gasteiger partial charge in [-0.2, -0.15) is 13.2 Å². The normalized spacial score (nSPS) is 11.3. The summed E-state index contributed by atoms with van der Waals surface area (Å²) in [6.07, 6.45) is -4.96. The number of benzene rings is 1. The topological polar surface area (TPSA) is 94.3 Å². The Labute approximate surface area is 120 Å². The lowest BCUT2D eigenvalue weighted by Gasteiger charge is -2.10. The maximum absolute atomic E-state index is 13.0. The van der Waals surface area contributed by atoms with Crippen LogP contribution in [0.2, 0.25) is 0 Å². The van der Waals surface area contributed by atoms with Gasteiger partial charge in [0.2, 0.25) is 5.69 Å². The maximum Gasteiger partial charge on any atom is 0.436 e. The molecule has 116 valence electrons. The number of halogens is 3. The number of hydrogen-bond acceptors (Lipinski definition) is 5. The maximum atomic E-state index is 13.0. The lowest BCUT2D eigenvalue weighted by molar-refractivity contribution is -0.143. The number of carboxylic acid groups (broad SMARTS) is 1. The molecule has 0 radical (unpaired) electrons. The van der Waals surface area contributed by atoms with Gasteiger partial charge in [-0.05, 0) is 24.3 Å². The van der Waals surface area contributed by atoms with E-state index in [9.17, 15) is 22.8 Å². The highest BCUT2D eigenvalue weighted by Gasteiger charge is 2.42. The van der Waals surface area contributed by atoms with Crippen molar-refractivity contribution in [3.8, 4) is 5.69 Å². The molecule has 0 saturated carbocycles. The summed E-state index contributed by atoms with van der Waals surface area (Å²) in [4.78, 5) is 22.1. The fraction of sp³-hybridized carbons (Fsp3) is 0.167. The molecule has 1 N–H and O–H groups in total. The Morgan fingerprint density at radius 2 is 1.82 bits per heavy atom. The minimum atomic E-state index is -4.96. The number of aromatic nitrogens is 3. The van der Waals surface area contributed by atoms with Gasteiger partial charge in [-0.25, -0.2) is 14.3 Å². The van der Waals surface area contributed by atoms with E-state index in [0.29, 0.717) is 4.68 Å². The number of nitrogens with zero attached hydrogens (tertiary/aromatic N) is 3. The van der Waals surface area contributed by atoms with Crippen LogP contribution < -0.4 is 0 Å². The second kappa shape index (κ2) is 5.47. The molecule has 0 spiro atoms. The van der Waals surface area contributed by atoms with E-state index in [1.54, 1.807) is 0 Å². The van der Waals surface area contributed by atoms with E-state index in [1.165, 1.54) is 24.3 Å². The molecule has 0 aliphatic carbocycles. The van der Waals surface area contributed by atoms with Gasteiger partial charge in [0.15, 0.2) is 5.69 Å². The Morgan fingerprint density at radius 1 is 1.23 bits per heavy atom. The van der Waals surface area contributed by atoms with Crippen molar-refractivity contribution in [2.24, 2.45) is 0 Å². The average molecular weight is 315 g/mol. The highest BCUT2D eigenvalue weighted by molar-refractivity contribution is 5.89. The molecule has 0 amide bonds. The summed E-state index contributed by atoms with van der Waals surface area (Å²) in [7, 11) is 1.16. The van der Waals surface area contributed by atoms with Gasteiger partial charge in [-0.15, -0.1) is 5.10 Å². The molecule has 0 unspecified atom stereocenters. The predicted octanol–water partition coefficient (Wildman–Crippen LogP) is 1.77. The third-order valence-corrected chi connectivity index (χ3v) is 2.67. The lowest BCUT2D eigenvalue weighted by atomic mass is 10.2. The molecule has 22 heavy (non-hydrogen) atoms. The van der Waals surface area contributed by atoms with Gasteiger partial charge >= 0.3 is 18.1 Å². The van der Waals surface area contributed by atoms with Crippen molar-refractivity contribution >= 4 is 11.9 Å². The second-order valence-corrected chi connectivity index (χ2v) is 4.04. The highest BCUT2D eigenvalue weighted by atomic mass is 19.4. The van der Waals surface area contributed by atoms with E-state index in [-0.39, 0.29) is 11.3 Å². The van der Waals surface area contributed by atoms with Crippen molar-refractivity contribution in [2.45, 2.75) is 6.18 Å². The van der Waals surface area contributed by atoms with Crippen molar-refractivity contribution in [1.82, 2.24) is 15.0 Å². The summed E-state index contributed by atoms with van der Waals surface area (Å²) in [6.45, 7) is 0. The zero-order valence-electron chi connectivity index (χ0n) is 11.0. The smallest absolute Gasteiger partial charge is 0.436 e. The number of ether oxygens (including phenoxy) is 1. The molecule has 2 rings (SSSR count). The van der Waals surface area contributed by atoms with Crippen LogP contribution in [-0.2, 0) is 10.9 Å². The molecule has 1 aromatic heterocycles. The Morgan fingerprint density at radius 3 is 2.27 bits per heavy atom. The number of carbonyl (C=O) groups is 2. The van der Waals surface area contributed by atoms with Crippen LogP contribution in [0, 0.1) is 0 Å². The van der Waals surface area contributed by atoms with Gasteiger partial charge in [0, 0.05) is 0 Å². The number of methoxy groups -OCH3 is 1. The van der Waals surface area contributed by atoms with E-state index in [1.807, 2.05) is 0 Å².